The predicted molar refractivity (Wildman–Crippen MR) is 68.5 cm³/mol. The lowest BCUT2D eigenvalue weighted by Gasteiger charge is -2.46. The summed E-state index contributed by atoms with van der Waals surface area (Å²) in [5, 5.41) is 0.0387. The number of Topliss-reactive ketones (excluding diaryl/α,β-unsaturated/α-hetero) is 1. The van der Waals surface area contributed by atoms with Gasteiger partial charge in [0.15, 0.2) is 11.6 Å². The molecule has 0 aliphatic heterocycles. The zero-order chi connectivity index (χ0) is 13.3. The molecule has 4 heteroatoms. The average molecular weight is 271 g/mol. The van der Waals surface area contributed by atoms with Crippen LogP contribution in [0.4, 0.5) is 4.39 Å². The summed E-state index contributed by atoms with van der Waals surface area (Å²) >= 11 is 5.70. The van der Waals surface area contributed by atoms with Gasteiger partial charge < -0.3 is 4.74 Å². The lowest BCUT2D eigenvalue weighted by Crippen LogP contribution is -2.56. The van der Waals surface area contributed by atoms with Crippen molar-refractivity contribution in [1.29, 1.82) is 0 Å². The number of benzene rings is 1. The fraction of sp³-hybridized carbons (Fsp3) is 0.500. The second-order valence-electron chi connectivity index (χ2n) is 4.65. The van der Waals surface area contributed by atoms with Gasteiger partial charge in [0.2, 0.25) is 0 Å². The van der Waals surface area contributed by atoms with Crippen molar-refractivity contribution in [2.24, 2.45) is 5.41 Å². The van der Waals surface area contributed by atoms with Crippen molar-refractivity contribution in [2.45, 2.75) is 39.2 Å². The van der Waals surface area contributed by atoms with Crippen molar-refractivity contribution >= 4 is 17.4 Å². The van der Waals surface area contributed by atoms with Gasteiger partial charge in [-0.2, -0.15) is 0 Å². The van der Waals surface area contributed by atoms with E-state index in [1.807, 2.05) is 13.8 Å². The fourth-order valence-corrected chi connectivity index (χ4v) is 2.76. The Morgan fingerprint density at radius 2 is 2.11 bits per heavy atom. The highest BCUT2D eigenvalue weighted by Gasteiger charge is 2.54. The minimum Gasteiger partial charge on any atom is -0.486 e. The normalized spacial score (nSPS) is 21.6. The number of hydrogen-bond acceptors (Lipinski definition) is 2. The van der Waals surface area contributed by atoms with E-state index in [4.69, 9.17) is 16.3 Å². The molecule has 1 unspecified atom stereocenters. The molecule has 1 aliphatic rings. The lowest BCUT2D eigenvalue weighted by molar-refractivity contribution is -0.153. The van der Waals surface area contributed by atoms with Crippen LogP contribution < -0.4 is 4.74 Å². The van der Waals surface area contributed by atoms with E-state index in [-0.39, 0.29) is 22.7 Å². The number of ketones is 1. The first-order valence-corrected chi connectivity index (χ1v) is 6.57. The third-order valence-corrected chi connectivity index (χ3v) is 4.28. The molecule has 1 aromatic carbocycles. The molecule has 0 aromatic heterocycles. The van der Waals surface area contributed by atoms with Crippen molar-refractivity contribution in [3.8, 4) is 5.75 Å². The van der Waals surface area contributed by atoms with Crippen LogP contribution >= 0.6 is 11.6 Å². The van der Waals surface area contributed by atoms with E-state index in [2.05, 4.69) is 0 Å². The zero-order valence-electron chi connectivity index (χ0n) is 10.5. The Balaban J connectivity index is 2.20. The van der Waals surface area contributed by atoms with E-state index in [0.717, 1.165) is 12.8 Å². The molecule has 0 radical (unpaired) electrons. The summed E-state index contributed by atoms with van der Waals surface area (Å²) in [7, 11) is 0. The van der Waals surface area contributed by atoms with E-state index in [0.29, 0.717) is 6.42 Å². The fourth-order valence-electron chi connectivity index (χ4n) is 2.60. The molecular formula is C14H16ClFO2. The average Bonchev–Trinajstić information content (AvgIpc) is 2.36. The molecule has 0 amide bonds. The first kappa shape index (κ1) is 13.3. The maximum atomic E-state index is 13.7. The third-order valence-electron chi connectivity index (χ3n) is 3.99. The van der Waals surface area contributed by atoms with Crippen LogP contribution in [0.25, 0.3) is 0 Å². The molecule has 0 bridgehead atoms. The Kier molecular flexibility index (Phi) is 3.62. The van der Waals surface area contributed by atoms with E-state index in [1.54, 1.807) is 12.1 Å². The molecule has 0 N–H and O–H groups in total. The number of halogens is 2. The second kappa shape index (κ2) is 4.88. The van der Waals surface area contributed by atoms with E-state index in [9.17, 15) is 9.18 Å². The molecule has 2 nitrogen and oxygen atoms in total. The summed E-state index contributed by atoms with van der Waals surface area (Å²) < 4.78 is 19.4. The smallest absolute Gasteiger partial charge is 0.183 e. The molecule has 18 heavy (non-hydrogen) atoms. The Labute approximate surface area is 111 Å². The van der Waals surface area contributed by atoms with Gasteiger partial charge in [-0.05, 0) is 25.0 Å². The van der Waals surface area contributed by atoms with Gasteiger partial charge >= 0.3 is 0 Å². The van der Waals surface area contributed by atoms with Gasteiger partial charge in [-0.1, -0.05) is 31.5 Å². The molecular weight excluding hydrogens is 255 g/mol. The van der Waals surface area contributed by atoms with Gasteiger partial charge in [0.1, 0.15) is 11.9 Å². The minimum atomic E-state index is -0.556. The minimum absolute atomic E-state index is 0.0387. The van der Waals surface area contributed by atoms with Gasteiger partial charge in [0.05, 0.1) is 10.4 Å². The van der Waals surface area contributed by atoms with Crippen molar-refractivity contribution in [1.82, 2.24) is 0 Å². The largest absolute Gasteiger partial charge is 0.486 e. The molecule has 98 valence electrons. The maximum absolute atomic E-state index is 13.7. The van der Waals surface area contributed by atoms with Gasteiger partial charge in [-0.3, -0.25) is 4.79 Å². The Hall–Kier alpha value is -1.09. The number of hydrogen-bond donors (Lipinski definition) is 0. The van der Waals surface area contributed by atoms with Crippen molar-refractivity contribution in [3.05, 3.63) is 29.0 Å². The second-order valence-corrected chi connectivity index (χ2v) is 5.06. The standard InChI is InChI=1S/C14H16ClFO2/c1-3-14(4-2)11(17)8-12(14)18-10-7-5-6-9(15)13(10)16/h5-7,12H,3-4,8H2,1-2H3. The Bertz CT molecular complexity index is 469. The predicted octanol–water partition coefficient (Wildman–Crippen LogP) is 4.01. The third kappa shape index (κ3) is 1.91. The van der Waals surface area contributed by atoms with Crippen LogP contribution in [0.2, 0.25) is 5.02 Å². The van der Waals surface area contributed by atoms with Crippen LogP contribution in [0.5, 0.6) is 5.75 Å². The maximum Gasteiger partial charge on any atom is 0.183 e. The van der Waals surface area contributed by atoms with E-state index < -0.39 is 11.2 Å². The van der Waals surface area contributed by atoms with Crippen LogP contribution in [0.3, 0.4) is 0 Å². The highest BCUT2D eigenvalue weighted by molar-refractivity contribution is 6.30. The van der Waals surface area contributed by atoms with E-state index >= 15 is 0 Å². The monoisotopic (exact) mass is 270 g/mol. The van der Waals surface area contributed by atoms with Crippen molar-refractivity contribution in [3.63, 3.8) is 0 Å². The molecule has 0 spiro atoms. The summed E-state index contributed by atoms with van der Waals surface area (Å²) in [5.41, 5.74) is -0.450. The van der Waals surface area contributed by atoms with Crippen LogP contribution in [-0.4, -0.2) is 11.9 Å². The summed E-state index contributed by atoms with van der Waals surface area (Å²) in [5.74, 6) is -0.217. The van der Waals surface area contributed by atoms with Crippen LogP contribution in [0.15, 0.2) is 18.2 Å². The first-order chi connectivity index (χ1) is 8.55. The molecule has 2 rings (SSSR count). The quantitative estimate of drug-likeness (QED) is 0.826. The van der Waals surface area contributed by atoms with Crippen LogP contribution in [0.1, 0.15) is 33.1 Å². The van der Waals surface area contributed by atoms with E-state index in [1.165, 1.54) is 6.07 Å². The zero-order valence-corrected chi connectivity index (χ0v) is 11.3. The summed E-state index contributed by atoms with van der Waals surface area (Å²) in [4.78, 5) is 11.8. The van der Waals surface area contributed by atoms with Crippen molar-refractivity contribution < 1.29 is 13.9 Å². The highest BCUT2D eigenvalue weighted by Crippen LogP contribution is 2.46. The number of carbonyl (C=O) groups excluding carboxylic acids is 1. The van der Waals surface area contributed by atoms with Gasteiger partial charge in [-0.15, -0.1) is 0 Å². The molecule has 0 saturated heterocycles. The Morgan fingerprint density at radius 3 is 2.67 bits per heavy atom. The molecule has 1 saturated carbocycles. The number of carbonyl (C=O) groups is 1. The Morgan fingerprint density at radius 1 is 1.44 bits per heavy atom. The number of ether oxygens (including phenoxy) is 1. The summed E-state index contributed by atoms with van der Waals surface area (Å²) in [6.07, 6.45) is 1.55. The summed E-state index contributed by atoms with van der Waals surface area (Å²) in [6.45, 7) is 3.93. The lowest BCUT2D eigenvalue weighted by atomic mass is 9.61. The van der Waals surface area contributed by atoms with Crippen LogP contribution in [-0.2, 0) is 4.79 Å². The first-order valence-electron chi connectivity index (χ1n) is 6.19. The van der Waals surface area contributed by atoms with Gasteiger partial charge in [-0.25, -0.2) is 4.39 Å². The van der Waals surface area contributed by atoms with Gasteiger partial charge in [0.25, 0.3) is 0 Å². The SMILES string of the molecule is CCC1(CC)C(=O)CC1Oc1cccc(Cl)c1F. The van der Waals surface area contributed by atoms with Crippen LogP contribution in [0, 0.1) is 11.2 Å². The summed E-state index contributed by atoms with van der Waals surface area (Å²) in [6, 6.07) is 4.66. The molecule has 1 fully saturated rings. The topological polar surface area (TPSA) is 26.3 Å². The molecule has 0 heterocycles. The molecule has 1 aliphatic carbocycles. The number of rotatable bonds is 4. The molecule has 1 aromatic rings. The van der Waals surface area contributed by atoms with Gasteiger partial charge in [0, 0.05) is 6.42 Å². The highest BCUT2D eigenvalue weighted by atomic mass is 35.5. The molecule has 1 atom stereocenters. The van der Waals surface area contributed by atoms with Crippen molar-refractivity contribution in [2.75, 3.05) is 0 Å².